The van der Waals surface area contributed by atoms with Gasteiger partial charge in [-0.2, -0.15) is 0 Å². The molecule has 0 amide bonds. The molecule has 1 N–H and O–H groups in total. The summed E-state index contributed by atoms with van der Waals surface area (Å²) in [6.45, 7) is 3.97. The minimum atomic E-state index is -0.509. The van der Waals surface area contributed by atoms with Crippen molar-refractivity contribution in [2.24, 2.45) is 0 Å². The zero-order chi connectivity index (χ0) is 12.3. The van der Waals surface area contributed by atoms with Crippen molar-refractivity contribution >= 4 is 0 Å². The average molecular weight is 227 g/mol. The number of aliphatic hydroxyl groups excluding tert-OH is 1. The van der Waals surface area contributed by atoms with Crippen LogP contribution in [0.2, 0.25) is 0 Å². The summed E-state index contributed by atoms with van der Waals surface area (Å²) in [5, 5.41) is 10.3. The van der Waals surface area contributed by atoms with E-state index in [1.165, 1.54) is 0 Å². The molecule has 2 atom stereocenters. The third-order valence-electron chi connectivity index (χ3n) is 3.07. The monoisotopic (exact) mass is 227 g/mol. The van der Waals surface area contributed by atoms with Crippen molar-refractivity contribution in [3.63, 3.8) is 0 Å². The molecule has 2 unspecified atom stereocenters. The van der Waals surface area contributed by atoms with Crippen molar-refractivity contribution in [1.29, 1.82) is 0 Å². The Hall–Kier alpha value is -1.67. The molecular weight excluding hydrogens is 210 g/mol. The Kier molecular flexibility index (Phi) is 3.55. The van der Waals surface area contributed by atoms with E-state index in [1.54, 1.807) is 6.20 Å². The SMILES string of the molecule is Cc1ccc(C(O)C(C)c2ccccc2)cn1. The Balaban J connectivity index is 2.20. The molecule has 0 bridgehead atoms. The Morgan fingerprint density at radius 2 is 1.71 bits per heavy atom. The summed E-state index contributed by atoms with van der Waals surface area (Å²) in [6.07, 6.45) is 1.24. The van der Waals surface area contributed by atoms with Gasteiger partial charge in [0, 0.05) is 17.8 Å². The van der Waals surface area contributed by atoms with Crippen molar-refractivity contribution in [3.05, 3.63) is 65.5 Å². The molecule has 0 saturated carbocycles. The van der Waals surface area contributed by atoms with Gasteiger partial charge in [-0.1, -0.05) is 43.3 Å². The van der Waals surface area contributed by atoms with E-state index in [-0.39, 0.29) is 5.92 Å². The van der Waals surface area contributed by atoms with E-state index in [9.17, 15) is 5.11 Å². The van der Waals surface area contributed by atoms with Gasteiger partial charge in [0.1, 0.15) is 0 Å². The van der Waals surface area contributed by atoms with Crippen molar-refractivity contribution in [3.8, 4) is 0 Å². The topological polar surface area (TPSA) is 33.1 Å². The maximum Gasteiger partial charge on any atom is 0.0870 e. The summed E-state index contributed by atoms with van der Waals surface area (Å²) in [7, 11) is 0. The maximum absolute atomic E-state index is 10.3. The molecule has 17 heavy (non-hydrogen) atoms. The predicted octanol–water partition coefficient (Wildman–Crippen LogP) is 3.23. The van der Waals surface area contributed by atoms with Crippen molar-refractivity contribution in [1.82, 2.24) is 4.98 Å². The van der Waals surface area contributed by atoms with Crippen LogP contribution >= 0.6 is 0 Å². The highest BCUT2D eigenvalue weighted by Gasteiger charge is 2.17. The van der Waals surface area contributed by atoms with Gasteiger partial charge in [0.2, 0.25) is 0 Å². The number of nitrogens with zero attached hydrogens (tertiary/aromatic N) is 1. The van der Waals surface area contributed by atoms with Crippen molar-refractivity contribution in [2.45, 2.75) is 25.9 Å². The third-order valence-corrected chi connectivity index (χ3v) is 3.07. The Bertz CT molecular complexity index is 464. The van der Waals surface area contributed by atoms with Gasteiger partial charge < -0.3 is 5.11 Å². The van der Waals surface area contributed by atoms with Gasteiger partial charge in [-0.3, -0.25) is 4.98 Å². The van der Waals surface area contributed by atoms with Crippen LogP contribution in [0.15, 0.2) is 48.7 Å². The molecule has 0 fully saturated rings. The molecule has 88 valence electrons. The van der Waals surface area contributed by atoms with E-state index in [4.69, 9.17) is 0 Å². The average Bonchev–Trinajstić information content (AvgIpc) is 2.39. The number of pyridine rings is 1. The Morgan fingerprint density at radius 3 is 2.29 bits per heavy atom. The lowest BCUT2D eigenvalue weighted by molar-refractivity contribution is 0.151. The Morgan fingerprint density at radius 1 is 1.00 bits per heavy atom. The summed E-state index contributed by atoms with van der Waals surface area (Å²) in [5.74, 6) is 0.0701. The molecule has 0 spiro atoms. The second-order valence-corrected chi connectivity index (χ2v) is 4.38. The van der Waals surface area contributed by atoms with Gasteiger partial charge in [-0.05, 0) is 24.1 Å². The number of rotatable bonds is 3. The number of aryl methyl sites for hydroxylation is 1. The lowest BCUT2D eigenvalue weighted by atomic mass is 9.91. The quantitative estimate of drug-likeness (QED) is 0.873. The molecule has 2 aromatic rings. The van der Waals surface area contributed by atoms with Crippen molar-refractivity contribution < 1.29 is 5.11 Å². The molecule has 0 saturated heterocycles. The molecule has 0 aliphatic rings. The van der Waals surface area contributed by atoms with E-state index < -0.39 is 6.10 Å². The second-order valence-electron chi connectivity index (χ2n) is 4.38. The number of hydrogen-bond acceptors (Lipinski definition) is 2. The first kappa shape index (κ1) is 11.8. The second kappa shape index (κ2) is 5.11. The molecular formula is C15H17NO. The van der Waals surface area contributed by atoms with E-state index in [2.05, 4.69) is 4.98 Å². The van der Waals surface area contributed by atoms with Gasteiger partial charge in [0.05, 0.1) is 6.10 Å². The van der Waals surface area contributed by atoms with Crippen LogP contribution in [0.25, 0.3) is 0 Å². The number of aliphatic hydroxyl groups is 1. The molecule has 2 rings (SSSR count). The standard InChI is InChI=1S/C15H17NO/c1-11-8-9-14(10-16-11)15(17)12(2)13-6-4-3-5-7-13/h3-10,12,15,17H,1-2H3. The molecule has 1 aromatic heterocycles. The molecule has 0 radical (unpaired) electrons. The summed E-state index contributed by atoms with van der Waals surface area (Å²) in [4.78, 5) is 4.22. The molecule has 2 nitrogen and oxygen atoms in total. The van der Waals surface area contributed by atoms with E-state index >= 15 is 0 Å². The number of aromatic nitrogens is 1. The summed E-state index contributed by atoms with van der Waals surface area (Å²) in [6, 6.07) is 13.9. The molecule has 1 aromatic carbocycles. The first-order valence-electron chi connectivity index (χ1n) is 5.84. The van der Waals surface area contributed by atoms with E-state index in [0.29, 0.717) is 0 Å². The Labute approximate surface area is 102 Å². The summed E-state index contributed by atoms with van der Waals surface area (Å²) in [5.41, 5.74) is 2.97. The fourth-order valence-electron chi connectivity index (χ4n) is 1.88. The van der Waals surface area contributed by atoms with Crippen molar-refractivity contribution in [2.75, 3.05) is 0 Å². The van der Waals surface area contributed by atoms with E-state index in [0.717, 1.165) is 16.8 Å². The summed E-state index contributed by atoms with van der Waals surface area (Å²) < 4.78 is 0. The molecule has 0 aliphatic carbocycles. The fraction of sp³-hybridized carbons (Fsp3) is 0.267. The lowest BCUT2D eigenvalue weighted by Crippen LogP contribution is -2.08. The molecule has 1 heterocycles. The smallest absolute Gasteiger partial charge is 0.0870 e. The number of hydrogen-bond donors (Lipinski definition) is 1. The van der Waals surface area contributed by atoms with E-state index in [1.807, 2.05) is 56.3 Å². The highest BCUT2D eigenvalue weighted by molar-refractivity contribution is 5.25. The van der Waals surface area contributed by atoms with Gasteiger partial charge in [0.15, 0.2) is 0 Å². The minimum Gasteiger partial charge on any atom is -0.388 e. The predicted molar refractivity (Wildman–Crippen MR) is 68.8 cm³/mol. The van der Waals surface area contributed by atoms with Crippen LogP contribution in [0.1, 0.15) is 35.8 Å². The lowest BCUT2D eigenvalue weighted by Gasteiger charge is -2.19. The van der Waals surface area contributed by atoms with Gasteiger partial charge in [-0.15, -0.1) is 0 Å². The fourth-order valence-corrected chi connectivity index (χ4v) is 1.88. The van der Waals surface area contributed by atoms with Gasteiger partial charge >= 0.3 is 0 Å². The zero-order valence-electron chi connectivity index (χ0n) is 10.2. The van der Waals surface area contributed by atoms with Gasteiger partial charge in [0.25, 0.3) is 0 Å². The molecule has 0 aliphatic heterocycles. The minimum absolute atomic E-state index is 0.0701. The van der Waals surface area contributed by atoms with Crippen LogP contribution in [-0.4, -0.2) is 10.1 Å². The zero-order valence-corrected chi connectivity index (χ0v) is 10.2. The first-order valence-corrected chi connectivity index (χ1v) is 5.84. The van der Waals surface area contributed by atoms with Gasteiger partial charge in [-0.25, -0.2) is 0 Å². The highest BCUT2D eigenvalue weighted by atomic mass is 16.3. The van der Waals surface area contributed by atoms with Crippen LogP contribution in [0.3, 0.4) is 0 Å². The maximum atomic E-state index is 10.3. The number of benzene rings is 1. The largest absolute Gasteiger partial charge is 0.388 e. The summed E-state index contributed by atoms with van der Waals surface area (Å²) >= 11 is 0. The first-order chi connectivity index (χ1) is 8.18. The third kappa shape index (κ3) is 2.71. The van der Waals surface area contributed by atoms with Crippen LogP contribution in [0.5, 0.6) is 0 Å². The van der Waals surface area contributed by atoms with Crippen LogP contribution < -0.4 is 0 Å². The highest BCUT2D eigenvalue weighted by Crippen LogP contribution is 2.29. The molecule has 2 heteroatoms. The van der Waals surface area contributed by atoms with Crippen LogP contribution in [-0.2, 0) is 0 Å². The van der Waals surface area contributed by atoms with Crippen LogP contribution in [0, 0.1) is 6.92 Å². The van der Waals surface area contributed by atoms with Crippen LogP contribution in [0.4, 0.5) is 0 Å². The normalized spacial score (nSPS) is 14.3.